The van der Waals surface area contributed by atoms with Crippen LogP contribution in [0.3, 0.4) is 0 Å². The lowest BCUT2D eigenvalue weighted by Crippen LogP contribution is -3.00. The average molecular weight is 250 g/mol. The van der Waals surface area contributed by atoms with Crippen LogP contribution < -0.4 is 12.4 Å². The van der Waals surface area contributed by atoms with Crippen molar-refractivity contribution in [2.24, 2.45) is 5.41 Å². The SMILES string of the molecule is CC(C(=O)O)=C(CC(C)(C)C)[N+](C)(C)C.[Cl-]. The number of halogens is 1. The molecule has 0 bridgehead atoms. The number of aliphatic carboxylic acids is 1. The van der Waals surface area contributed by atoms with E-state index in [4.69, 9.17) is 5.11 Å². The van der Waals surface area contributed by atoms with Crippen LogP contribution in [0.25, 0.3) is 0 Å². The summed E-state index contributed by atoms with van der Waals surface area (Å²) in [5.41, 5.74) is 1.56. The van der Waals surface area contributed by atoms with Gasteiger partial charge in [-0.25, -0.2) is 4.79 Å². The summed E-state index contributed by atoms with van der Waals surface area (Å²) in [4.78, 5) is 11.0. The summed E-state index contributed by atoms with van der Waals surface area (Å²) < 4.78 is 0.579. The Kier molecular flexibility index (Phi) is 6.34. The molecule has 96 valence electrons. The van der Waals surface area contributed by atoms with Gasteiger partial charge < -0.3 is 22.0 Å². The van der Waals surface area contributed by atoms with Gasteiger partial charge >= 0.3 is 5.97 Å². The van der Waals surface area contributed by atoms with Crippen LogP contribution in [-0.4, -0.2) is 36.7 Å². The van der Waals surface area contributed by atoms with Gasteiger partial charge in [0, 0.05) is 6.42 Å². The number of hydrogen-bond acceptors (Lipinski definition) is 1. The van der Waals surface area contributed by atoms with Gasteiger partial charge in [-0.05, 0) is 12.3 Å². The fraction of sp³-hybridized carbons (Fsp3) is 0.750. The minimum absolute atomic E-state index is 0. The van der Waals surface area contributed by atoms with Gasteiger partial charge in [0.2, 0.25) is 0 Å². The molecule has 0 radical (unpaired) electrons. The van der Waals surface area contributed by atoms with E-state index in [9.17, 15) is 4.79 Å². The van der Waals surface area contributed by atoms with Crippen molar-refractivity contribution in [3.05, 3.63) is 11.3 Å². The molecule has 4 heteroatoms. The Hall–Kier alpha value is -0.540. The van der Waals surface area contributed by atoms with Gasteiger partial charge in [0.1, 0.15) is 5.70 Å². The summed E-state index contributed by atoms with van der Waals surface area (Å²) >= 11 is 0. The molecule has 3 nitrogen and oxygen atoms in total. The van der Waals surface area contributed by atoms with E-state index in [1.165, 1.54) is 0 Å². The number of allylic oxidation sites excluding steroid dienone is 1. The lowest BCUT2D eigenvalue weighted by Gasteiger charge is -2.32. The van der Waals surface area contributed by atoms with Crippen LogP contribution in [0, 0.1) is 5.41 Å². The zero-order valence-electron chi connectivity index (χ0n) is 11.4. The molecule has 0 amide bonds. The van der Waals surface area contributed by atoms with Crippen molar-refractivity contribution in [3.63, 3.8) is 0 Å². The van der Waals surface area contributed by atoms with Crippen molar-refractivity contribution in [2.75, 3.05) is 21.1 Å². The summed E-state index contributed by atoms with van der Waals surface area (Å²) in [6.45, 7) is 8.06. The fourth-order valence-corrected chi connectivity index (χ4v) is 1.50. The Morgan fingerprint density at radius 1 is 1.19 bits per heavy atom. The van der Waals surface area contributed by atoms with Crippen LogP contribution in [-0.2, 0) is 4.79 Å². The molecule has 0 saturated carbocycles. The first kappa shape index (κ1) is 17.8. The van der Waals surface area contributed by atoms with E-state index in [-0.39, 0.29) is 17.8 Å². The molecule has 0 aliphatic carbocycles. The molecule has 0 aliphatic rings. The molecular weight excluding hydrogens is 226 g/mol. The third kappa shape index (κ3) is 6.13. The molecule has 0 atom stereocenters. The zero-order valence-corrected chi connectivity index (χ0v) is 12.1. The Bertz CT molecular complexity index is 282. The highest BCUT2D eigenvalue weighted by atomic mass is 35.5. The fourth-order valence-electron chi connectivity index (χ4n) is 1.50. The minimum atomic E-state index is -0.817. The number of hydrogen-bond donors (Lipinski definition) is 1. The molecule has 0 aromatic rings. The maximum absolute atomic E-state index is 11.0. The topological polar surface area (TPSA) is 37.3 Å². The molecule has 16 heavy (non-hydrogen) atoms. The highest BCUT2D eigenvalue weighted by molar-refractivity contribution is 5.86. The van der Waals surface area contributed by atoms with Crippen LogP contribution in [0.15, 0.2) is 11.3 Å². The quantitative estimate of drug-likeness (QED) is 0.541. The van der Waals surface area contributed by atoms with Crippen LogP contribution in [0.2, 0.25) is 0 Å². The normalized spacial score (nSPS) is 13.9. The second-order valence-corrected chi connectivity index (χ2v) is 6.13. The third-order valence-electron chi connectivity index (χ3n) is 2.26. The number of nitrogens with zero attached hydrogens (tertiary/aromatic N) is 1. The van der Waals surface area contributed by atoms with E-state index >= 15 is 0 Å². The summed E-state index contributed by atoms with van der Waals surface area (Å²) in [7, 11) is 6.02. The van der Waals surface area contributed by atoms with Gasteiger partial charge in [0.25, 0.3) is 0 Å². The summed E-state index contributed by atoms with van der Waals surface area (Å²) in [6, 6.07) is 0. The molecule has 0 unspecified atom stereocenters. The molecule has 0 rings (SSSR count). The van der Waals surface area contributed by atoms with E-state index in [0.717, 1.165) is 12.1 Å². The van der Waals surface area contributed by atoms with Crippen molar-refractivity contribution < 1.29 is 26.8 Å². The number of quaternary nitrogens is 1. The average Bonchev–Trinajstić information content (AvgIpc) is 1.94. The monoisotopic (exact) mass is 249 g/mol. The lowest BCUT2D eigenvalue weighted by atomic mass is 9.88. The maximum Gasteiger partial charge on any atom is 0.336 e. The van der Waals surface area contributed by atoms with E-state index in [1.807, 2.05) is 21.1 Å². The van der Waals surface area contributed by atoms with Gasteiger partial charge in [-0.3, -0.25) is 0 Å². The molecule has 0 heterocycles. The number of carboxylic acid groups (broad SMARTS) is 1. The second kappa shape index (κ2) is 5.69. The van der Waals surface area contributed by atoms with Crippen molar-refractivity contribution in [3.8, 4) is 0 Å². The van der Waals surface area contributed by atoms with Gasteiger partial charge in [-0.1, -0.05) is 20.8 Å². The second-order valence-electron chi connectivity index (χ2n) is 6.13. The molecule has 0 spiro atoms. The number of carboxylic acids is 1. The minimum Gasteiger partial charge on any atom is -1.00 e. The summed E-state index contributed by atoms with van der Waals surface area (Å²) in [6.07, 6.45) is 0.800. The Morgan fingerprint density at radius 3 is 1.75 bits per heavy atom. The van der Waals surface area contributed by atoms with E-state index < -0.39 is 5.97 Å². The molecule has 0 fully saturated rings. The van der Waals surface area contributed by atoms with E-state index in [1.54, 1.807) is 6.92 Å². The largest absolute Gasteiger partial charge is 1.00 e. The van der Waals surface area contributed by atoms with Crippen molar-refractivity contribution in [1.29, 1.82) is 0 Å². The molecule has 0 aliphatic heterocycles. The number of rotatable bonds is 3. The standard InChI is InChI=1S/C12H23NO2.ClH/c1-9(11(14)15)10(13(5,6)7)8-12(2,3)4;/h8H2,1-7H3;1H. The highest BCUT2D eigenvalue weighted by Gasteiger charge is 2.27. The predicted octanol–water partition coefficient (Wildman–Crippen LogP) is -0.509. The van der Waals surface area contributed by atoms with Gasteiger partial charge in [0.05, 0.1) is 26.7 Å². The van der Waals surface area contributed by atoms with Crippen molar-refractivity contribution in [1.82, 2.24) is 0 Å². The van der Waals surface area contributed by atoms with Gasteiger partial charge in [-0.2, -0.15) is 0 Å². The first-order chi connectivity index (χ1) is 6.45. The maximum atomic E-state index is 11.0. The Morgan fingerprint density at radius 2 is 1.56 bits per heavy atom. The van der Waals surface area contributed by atoms with Crippen LogP contribution in [0.1, 0.15) is 34.1 Å². The van der Waals surface area contributed by atoms with E-state index in [2.05, 4.69) is 20.8 Å². The Labute approximate surface area is 105 Å². The van der Waals surface area contributed by atoms with Gasteiger partial charge in [0.15, 0.2) is 0 Å². The molecule has 1 N–H and O–H groups in total. The predicted molar refractivity (Wildman–Crippen MR) is 62.4 cm³/mol. The third-order valence-corrected chi connectivity index (χ3v) is 2.26. The highest BCUT2D eigenvalue weighted by Crippen LogP contribution is 2.29. The smallest absolute Gasteiger partial charge is 0.336 e. The van der Waals surface area contributed by atoms with E-state index in [0.29, 0.717) is 10.1 Å². The molecule has 0 aromatic carbocycles. The van der Waals surface area contributed by atoms with Gasteiger partial charge in [-0.15, -0.1) is 0 Å². The van der Waals surface area contributed by atoms with Crippen molar-refractivity contribution in [2.45, 2.75) is 34.1 Å². The van der Waals surface area contributed by atoms with Crippen LogP contribution >= 0.6 is 0 Å². The number of carbonyl (C=O) groups is 1. The summed E-state index contributed by atoms with van der Waals surface area (Å²) in [5.74, 6) is -0.817. The Balaban J connectivity index is 0. The lowest BCUT2D eigenvalue weighted by molar-refractivity contribution is -0.833. The zero-order chi connectivity index (χ0) is 12.4. The van der Waals surface area contributed by atoms with Crippen molar-refractivity contribution >= 4 is 5.97 Å². The molecule has 0 aromatic heterocycles. The molecule has 0 saturated heterocycles. The van der Waals surface area contributed by atoms with Crippen LogP contribution in [0.5, 0.6) is 0 Å². The first-order valence-corrected chi connectivity index (χ1v) is 5.20. The molecular formula is C12H24ClNO2. The van der Waals surface area contributed by atoms with Crippen LogP contribution in [0.4, 0.5) is 0 Å². The summed E-state index contributed by atoms with van der Waals surface area (Å²) in [5, 5.41) is 9.04. The first-order valence-electron chi connectivity index (χ1n) is 5.20.